The lowest BCUT2D eigenvalue weighted by Gasteiger charge is -2.24. The summed E-state index contributed by atoms with van der Waals surface area (Å²) in [6.07, 6.45) is 0. The third kappa shape index (κ3) is 5.25. The number of anilines is 2. The maximum atomic E-state index is 13.9. The number of methoxy groups -OCH3 is 1. The highest BCUT2D eigenvalue weighted by Crippen LogP contribution is 2.31. The third-order valence-corrected chi connectivity index (χ3v) is 6.92. The van der Waals surface area contributed by atoms with E-state index in [9.17, 15) is 22.0 Å². The van der Waals surface area contributed by atoms with Crippen molar-refractivity contribution < 1.29 is 26.7 Å². The van der Waals surface area contributed by atoms with Crippen molar-refractivity contribution in [3.63, 3.8) is 0 Å². The zero-order chi connectivity index (χ0) is 23.5. The second-order valence-electron chi connectivity index (χ2n) is 6.82. The summed E-state index contributed by atoms with van der Waals surface area (Å²) in [7, 11) is -2.74. The minimum absolute atomic E-state index is 0.0773. The molecule has 0 bridgehead atoms. The van der Waals surface area contributed by atoms with Crippen LogP contribution < -0.4 is 14.4 Å². The Labute approximate surface area is 193 Å². The van der Waals surface area contributed by atoms with Crippen LogP contribution in [0.3, 0.4) is 0 Å². The van der Waals surface area contributed by atoms with Crippen LogP contribution in [0.1, 0.15) is 5.56 Å². The molecular formula is C22H19BrF2N2O4S. The Morgan fingerprint density at radius 2 is 1.75 bits per heavy atom. The number of halogens is 3. The van der Waals surface area contributed by atoms with Gasteiger partial charge < -0.3 is 10.1 Å². The van der Waals surface area contributed by atoms with E-state index in [-0.39, 0.29) is 16.3 Å². The highest BCUT2D eigenvalue weighted by atomic mass is 79.9. The van der Waals surface area contributed by atoms with Gasteiger partial charge in [-0.2, -0.15) is 0 Å². The molecule has 0 unspecified atom stereocenters. The molecule has 0 aliphatic carbocycles. The number of aryl methyl sites for hydroxylation is 1. The van der Waals surface area contributed by atoms with E-state index in [2.05, 4.69) is 21.2 Å². The highest BCUT2D eigenvalue weighted by molar-refractivity contribution is 9.10. The molecule has 6 nitrogen and oxygen atoms in total. The van der Waals surface area contributed by atoms with Crippen molar-refractivity contribution in [2.75, 3.05) is 23.3 Å². The fourth-order valence-electron chi connectivity index (χ4n) is 2.87. The van der Waals surface area contributed by atoms with Gasteiger partial charge in [-0.05, 0) is 65.3 Å². The first-order chi connectivity index (χ1) is 15.1. The molecule has 3 rings (SSSR count). The molecule has 0 heterocycles. The summed E-state index contributed by atoms with van der Waals surface area (Å²) in [4.78, 5) is 12.6. The van der Waals surface area contributed by atoms with E-state index in [1.54, 1.807) is 24.3 Å². The van der Waals surface area contributed by atoms with Crippen LogP contribution in [0.15, 0.2) is 70.0 Å². The molecule has 0 aromatic heterocycles. The number of hydrogen-bond donors (Lipinski definition) is 1. The van der Waals surface area contributed by atoms with E-state index in [4.69, 9.17) is 4.74 Å². The van der Waals surface area contributed by atoms with Crippen LogP contribution in [-0.2, 0) is 14.8 Å². The molecule has 3 aromatic carbocycles. The molecule has 0 saturated carbocycles. The predicted octanol–water partition coefficient (Wildman–Crippen LogP) is 4.88. The van der Waals surface area contributed by atoms with E-state index in [0.29, 0.717) is 16.3 Å². The van der Waals surface area contributed by atoms with Gasteiger partial charge >= 0.3 is 0 Å². The second-order valence-corrected chi connectivity index (χ2v) is 9.53. The Morgan fingerprint density at radius 1 is 1.06 bits per heavy atom. The van der Waals surface area contributed by atoms with E-state index in [1.165, 1.54) is 25.3 Å². The number of nitrogens with zero attached hydrogens (tertiary/aromatic N) is 1. The van der Waals surface area contributed by atoms with Crippen LogP contribution in [-0.4, -0.2) is 28.0 Å². The molecule has 0 saturated heterocycles. The van der Waals surface area contributed by atoms with Crippen LogP contribution in [0, 0.1) is 18.6 Å². The number of benzene rings is 3. The standard InChI is InChI=1S/C22H19BrF2N2O4S/c1-14-3-6-16(7-4-14)27(13-22(28)26-20-9-5-15(24)11-19(20)25)32(29,30)17-8-10-21(31-2)18(23)12-17/h3-12H,13H2,1-2H3,(H,26,28). The maximum Gasteiger partial charge on any atom is 0.264 e. The largest absolute Gasteiger partial charge is 0.496 e. The number of amides is 1. The number of sulfonamides is 1. The molecule has 1 N–H and O–H groups in total. The molecule has 0 fully saturated rings. The molecule has 0 spiro atoms. The van der Waals surface area contributed by atoms with E-state index < -0.39 is 34.1 Å². The predicted molar refractivity (Wildman–Crippen MR) is 121 cm³/mol. The summed E-state index contributed by atoms with van der Waals surface area (Å²) in [5.74, 6) is -2.13. The average molecular weight is 525 g/mol. The molecule has 0 aliphatic heterocycles. The van der Waals surface area contributed by atoms with Gasteiger partial charge in [0.05, 0.1) is 27.9 Å². The minimum Gasteiger partial charge on any atom is -0.496 e. The van der Waals surface area contributed by atoms with Crippen LogP contribution in [0.4, 0.5) is 20.2 Å². The smallest absolute Gasteiger partial charge is 0.264 e. The SMILES string of the molecule is COc1ccc(S(=O)(=O)N(CC(=O)Nc2ccc(F)cc2F)c2ccc(C)cc2)cc1Br. The summed E-state index contributed by atoms with van der Waals surface area (Å²) in [6.45, 7) is 1.21. The van der Waals surface area contributed by atoms with Gasteiger partial charge in [-0.1, -0.05) is 17.7 Å². The molecule has 168 valence electrons. The number of carbonyl (C=O) groups excluding carboxylic acids is 1. The molecule has 1 amide bonds. The number of rotatable bonds is 7. The first-order valence-corrected chi connectivity index (χ1v) is 11.5. The van der Waals surface area contributed by atoms with E-state index >= 15 is 0 Å². The molecule has 0 atom stereocenters. The summed E-state index contributed by atoms with van der Waals surface area (Å²) >= 11 is 3.26. The molecular weight excluding hydrogens is 506 g/mol. The van der Waals surface area contributed by atoms with Crippen molar-refractivity contribution in [3.05, 3.63) is 82.3 Å². The van der Waals surface area contributed by atoms with Gasteiger partial charge in [0.1, 0.15) is 23.9 Å². The number of ether oxygens (including phenoxy) is 1. The van der Waals surface area contributed by atoms with Gasteiger partial charge in [-0.25, -0.2) is 17.2 Å². The molecule has 0 radical (unpaired) electrons. The summed E-state index contributed by atoms with van der Waals surface area (Å²) in [6, 6.07) is 13.4. The molecule has 32 heavy (non-hydrogen) atoms. The summed E-state index contributed by atoms with van der Waals surface area (Å²) in [5, 5.41) is 2.29. The van der Waals surface area contributed by atoms with E-state index in [0.717, 1.165) is 22.0 Å². The van der Waals surface area contributed by atoms with Crippen molar-refractivity contribution in [1.82, 2.24) is 0 Å². The Hall–Kier alpha value is -2.98. The van der Waals surface area contributed by atoms with Gasteiger partial charge in [0.2, 0.25) is 5.91 Å². The number of hydrogen-bond acceptors (Lipinski definition) is 4. The molecule has 10 heteroatoms. The lowest BCUT2D eigenvalue weighted by atomic mass is 10.2. The van der Waals surface area contributed by atoms with Crippen LogP contribution in [0.5, 0.6) is 5.75 Å². The summed E-state index contributed by atoms with van der Waals surface area (Å²) < 4.78 is 60.4. The van der Waals surface area contributed by atoms with Crippen molar-refractivity contribution in [3.8, 4) is 5.75 Å². The molecule has 3 aromatic rings. The van der Waals surface area contributed by atoms with Crippen LogP contribution >= 0.6 is 15.9 Å². The fraction of sp³-hybridized carbons (Fsp3) is 0.136. The second kappa shape index (κ2) is 9.66. The Bertz CT molecular complexity index is 1250. The van der Waals surface area contributed by atoms with Crippen LogP contribution in [0.25, 0.3) is 0 Å². The monoisotopic (exact) mass is 524 g/mol. The number of nitrogens with one attached hydrogen (secondary N) is 1. The zero-order valence-corrected chi connectivity index (χ0v) is 19.5. The lowest BCUT2D eigenvalue weighted by Crippen LogP contribution is -2.38. The highest BCUT2D eigenvalue weighted by Gasteiger charge is 2.28. The van der Waals surface area contributed by atoms with Gasteiger partial charge in [-0.3, -0.25) is 9.10 Å². The fourth-order valence-corrected chi connectivity index (χ4v) is 5.01. The van der Waals surface area contributed by atoms with Crippen molar-refractivity contribution in [2.45, 2.75) is 11.8 Å². The lowest BCUT2D eigenvalue weighted by molar-refractivity contribution is -0.114. The maximum absolute atomic E-state index is 13.9. The summed E-state index contributed by atoms with van der Waals surface area (Å²) in [5.41, 5.74) is 0.887. The van der Waals surface area contributed by atoms with Crippen molar-refractivity contribution >= 4 is 43.2 Å². The first-order valence-electron chi connectivity index (χ1n) is 9.29. The normalized spacial score (nSPS) is 11.2. The topological polar surface area (TPSA) is 75.7 Å². The minimum atomic E-state index is -4.19. The average Bonchev–Trinajstić information content (AvgIpc) is 2.74. The zero-order valence-electron chi connectivity index (χ0n) is 17.1. The van der Waals surface area contributed by atoms with Gasteiger partial charge in [0.15, 0.2) is 0 Å². The Balaban J connectivity index is 1.97. The van der Waals surface area contributed by atoms with Gasteiger partial charge in [-0.15, -0.1) is 0 Å². The number of carbonyl (C=O) groups is 1. The van der Waals surface area contributed by atoms with Gasteiger partial charge in [0.25, 0.3) is 10.0 Å². The van der Waals surface area contributed by atoms with Crippen molar-refractivity contribution in [1.29, 1.82) is 0 Å². The van der Waals surface area contributed by atoms with Gasteiger partial charge in [0, 0.05) is 6.07 Å². The quantitative estimate of drug-likeness (QED) is 0.478. The van der Waals surface area contributed by atoms with Crippen LogP contribution in [0.2, 0.25) is 0 Å². The third-order valence-electron chi connectivity index (χ3n) is 4.53. The molecule has 0 aliphatic rings. The Kier molecular flexibility index (Phi) is 7.15. The first kappa shape index (κ1) is 23.7. The Morgan fingerprint density at radius 3 is 2.34 bits per heavy atom. The van der Waals surface area contributed by atoms with Crippen molar-refractivity contribution in [2.24, 2.45) is 0 Å². The van der Waals surface area contributed by atoms with E-state index in [1.807, 2.05) is 6.92 Å².